The van der Waals surface area contributed by atoms with Crippen LogP contribution in [0.1, 0.15) is 56.1 Å². The fraction of sp³-hybridized carbons (Fsp3) is 0.625. The number of hydrogen-bond acceptors (Lipinski definition) is 4. The Morgan fingerprint density at radius 1 is 1.38 bits per heavy atom. The molecule has 1 aliphatic rings. The Kier molecular flexibility index (Phi) is 4.83. The summed E-state index contributed by atoms with van der Waals surface area (Å²) >= 11 is 0. The molecule has 1 fully saturated rings. The number of nitrogens with zero attached hydrogens (tertiary/aromatic N) is 2. The molecule has 1 aromatic rings. The van der Waals surface area contributed by atoms with E-state index >= 15 is 0 Å². The van der Waals surface area contributed by atoms with Crippen molar-refractivity contribution in [2.24, 2.45) is 17.7 Å². The van der Waals surface area contributed by atoms with E-state index in [-0.39, 0.29) is 11.8 Å². The van der Waals surface area contributed by atoms with Gasteiger partial charge >= 0.3 is 0 Å². The van der Waals surface area contributed by atoms with E-state index < -0.39 is 0 Å². The van der Waals surface area contributed by atoms with Crippen molar-refractivity contribution in [3.8, 4) is 0 Å². The van der Waals surface area contributed by atoms with Gasteiger partial charge in [0.25, 0.3) is 5.91 Å². The molecular formula is C16H26N4O. The number of hydrazine groups is 1. The first-order chi connectivity index (χ1) is 9.92. The Hall–Kier alpha value is -1.62. The fourth-order valence-electron chi connectivity index (χ4n) is 2.67. The van der Waals surface area contributed by atoms with Crippen molar-refractivity contribution in [3.05, 3.63) is 23.4 Å². The van der Waals surface area contributed by atoms with Gasteiger partial charge in [-0.25, -0.2) is 10.8 Å². The number of piperidine rings is 1. The number of pyridine rings is 1. The number of carbonyl (C=O) groups is 1. The number of rotatable bonds is 3. The predicted octanol–water partition coefficient (Wildman–Crippen LogP) is 2.61. The van der Waals surface area contributed by atoms with E-state index in [9.17, 15) is 4.79 Å². The summed E-state index contributed by atoms with van der Waals surface area (Å²) in [4.78, 5) is 19.1. The van der Waals surface area contributed by atoms with Crippen molar-refractivity contribution in [2.45, 2.75) is 40.0 Å². The molecule has 1 aromatic heterocycles. The summed E-state index contributed by atoms with van der Waals surface area (Å²) in [6.07, 6.45) is 1.07. The van der Waals surface area contributed by atoms with Crippen molar-refractivity contribution in [1.82, 2.24) is 9.88 Å². The zero-order valence-corrected chi connectivity index (χ0v) is 13.4. The van der Waals surface area contributed by atoms with E-state index in [1.165, 1.54) is 0 Å². The monoisotopic (exact) mass is 290 g/mol. The third kappa shape index (κ3) is 3.53. The maximum Gasteiger partial charge on any atom is 0.254 e. The van der Waals surface area contributed by atoms with Gasteiger partial charge in [0.2, 0.25) is 0 Å². The van der Waals surface area contributed by atoms with E-state index in [1.807, 2.05) is 11.0 Å². The van der Waals surface area contributed by atoms with E-state index in [2.05, 4.69) is 38.1 Å². The summed E-state index contributed by atoms with van der Waals surface area (Å²) in [6, 6.07) is 3.62. The average molecular weight is 290 g/mol. The van der Waals surface area contributed by atoms with Gasteiger partial charge in [0.15, 0.2) is 0 Å². The number of hydrogen-bond donors (Lipinski definition) is 2. The Labute approximate surface area is 126 Å². The Bertz CT molecular complexity index is 515. The zero-order chi connectivity index (χ0) is 15.6. The second-order valence-corrected chi connectivity index (χ2v) is 6.46. The van der Waals surface area contributed by atoms with E-state index in [0.717, 1.165) is 25.2 Å². The zero-order valence-electron chi connectivity index (χ0n) is 13.4. The van der Waals surface area contributed by atoms with Crippen molar-refractivity contribution in [3.63, 3.8) is 0 Å². The maximum atomic E-state index is 12.7. The fourth-order valence-corrected chi connectivity index (χ4v) is 2.67. The lowest BCUT2D eigenvalue weighted by molar-refractivity contribution is 0.0627. The average Bonchev–Trinajstić information content (AvgIpc) is 2.48. The summed E-state index contributed by atoms with van der Waals surface area (Å²) in [5.41, 5.74) is 4.11. The van der Waals surface area contributed by atoms with Crippen LogP contribution in [0.5, 0.6) is 0 Å². The molecular weight excluding hydrogens is 264 g/mol. The Morgan fingerprint density at radius 2 is 2.10 bits per heavy atom. The van der Waals surface area contributed by atoms with Gasteiger partial charge in [0, 0.05) is 24.3 Å². The topological polar surface area (TPSA) is 71.2 Å². The molecule has 2 unspecified atom stereocenters. The molecule has 5 nitrogen and oxygen atoms in total. The first kappa shape index (κ1) is 15.8. The number of nitrogens with two attached hydrogens (primary N) is 1. The number of carbonyl (C=O) groups excluding carboxylic acids is 1. The molecule has 2 atom stereocenters. The number of nitrogens with one attached hydrogen (secondary N) is 1. The third-order valence-corrected chi connectivity index (χ3v) is 4.45. The highest BCUT2D eigenvalue weighted by atomic mass is 16.2. The van der Waals surface area contributed by atoms with Gasteiger partial charge in [0.05, 0.1) is 0 Å². The van der Waals surface area contributed by atoms with Crippen molar-refractivity contribution >= 4 is 11.7 Å². The van der Waals surface area contributed by atoms with Crippen LogP contribution in [0, 0.1) is 11.8 Å². The molecule has 1 saturated heterocycles. The van der Waals surface area contributed by atoms with Gasteiger partial charge < -0.3 is 10.3 Å². The molecule has 0 aromatic carbocycles. The summed E-state index contributed by atoms with van der Waals surface area (Å²) < 4.78 is 0. The van der Waals surface area contributed by atoms with E-state index in [0.29, 0.717) is 23.2 Å². The molecule has 0 bridgehead atoms. The lowest BCUT2D eigenvalue weighted by Crippen LogP contribution is -2.42. The minimum Gasteiger partial charge on any atom is -0.338 e. The van der Waals surface area contributed by atoms with Crippen LogP contribution in [0.4, 0.5) is 5.82 Å². The largest absolute Gasteiger partial charge is 0.338 e. The van der Waals surface area contributed by atoms with Crippen LogP contribution in [0.2, 0.25) is 0 Å². The van der Waals surface area contributed by atoms with Crippen LogP contribution in [-0.4, -0.2) is 28.9 Å². The molecule has 0 saturated carbocycles. The number of nitrogen functional groups attached to an aromatic ring is 1. The summed E-state index contributed by atoms with van der Waals surface area (Å²) in [6.45, 7) is 10.2. The van der Waals surface area contributed by atoms with Crippen molar-refractivity contribution in [1.29, 1.82) is 0 Å². The van der Waals surface area contributed by atoms with Crippen LogP contribution in [0.25, 0.3) is 0 Å². The SMILES string of the molecule is CC(C)c1cc(C(=O)N2CCC(C)C(C)C2)cc(NN)n1. The van der Waals surface area contributed by atoms with Crippen molar-refractivity contribution in [2.75, 3.05) is 18.5 Å². The summed E-state index contributed by atoms with van der Waals surface area (Å²) in [5.74, 6) is 7.57. The Balaban J connectivity index is 2.24. The highest BCUT2D eigenvalue weighted by Gasteiger charge is 2.27. The molecule has 0 aliphatic carbocycles. The van der Waals surface area contributed by atoms with Crippen LogP contribution in [0.15, 0.2) is 12.1 Å². The molecule has 0 spiro atoms. The summed E-state index contributed by atoms with van der Waals surface area (Å²) in [7, 11) is 0. The summed E-state index contributed by atoms with van der Waals surface area (Å²) in [5, 5.41) is 0. The molecule has 2 rings (SSSR count). The number of anilines is 1. The first-order valence-electron chi connectivity index (χ1n) is 7.70. The molecule has 21 heavy (non-hydrogen) atoms. The molecule has 1 amide bonds. The van der Waals surface area contributed by atoms with Gasteiger partial charge in [-0.15, -0.1) is 0 Å². The van der Waals surface area contributed by atoms with Gasteiger partial charge in [-0.3, -0.25) is 4.79 Å². The lowest BCUT2D eigenvalue weighted by Gasteiger charge is -2.35. The number of amides is 1. The number of aromatic nitrogens is 1. The molecule has 116 valence electrons. The maximum absolute atomic E-state index is 12.7. The third-order valence-electron chi connectivity index (χ3n) is 4.45. The quantitative estimate of drug-likeness (QED) is 0.663. The highest BCUT2D eigenvalue weighted by Crippen LogP contribution is 2.25. The second-order valence-electron chi connectivity index (χ2n) is 6.46. The molecule has 5 heteroatoms. The Morgan fingerprint density at radius 3 is 2.67 bits per heavy atom. The van der Waals surface area contributed by atoms with Crippen molar-refractivity contribution < 1.29 is 4.79 Å². The first-order valence-corrected chi connectivity index (χ1v) is 7.70. The normalized spacial score (nSPS) is 22.5. The van der Waals surface area contributed by atoms with Gasteiger partial charge in [-0.1, -0.05) is 27.7 Å². The second kappa shape index (κ2) is 6.43. The molecule has 2 heterocycles. The number of likely N-dealkylation sites (tertiary alicyclic amines) is 1. The smallest absolute Gasteiger partial charge is 0.254 e. The molecule has 0 radical (unpaired) electrons. The van der Waals surface area contributed by atoms with E-state index in [1.54, 1.807) is 6.07 Å². The minimum absolute atomic E-state index is 0.0783. The standard InChI is InChI=1S/C16H26N4O/c1-10(2)14-7-13(8-15(18-14)19-17)16(21)20-6-5-11(3)12(4)9-20/h7-8,10-12H,5-6,9,17H2,1-4H3,(H,18,19). The van der Waals surface area contributed by atoms with Crippen LogP contribution >= 0.6 is 0 Å². The van der Waals surface area contributed by atoms with E-state index in [4.69, 9.17) is 5.84 Å². The van der Waals surface area contributed by atoms with Gasteiger partial charge in [-0.2, -0.15) is 0 Å². The van der Waals surface area contributed by atoms with Crippen LogP contribution in [0.3, 0.4) is 0 Å². The van der Waals surface area contributed by atoms with Crippen LogP contribution in [-0.2, 0) is 0 Å². The van der Waals surface area contributed by atoms with Crippen LogP contribution < -0.4 is 11.3 Å². The highest BCUT2D eigenvalue weighted by molar-refractivity contribution is 5.95. The minimum atomic E-state index is 0.0783. The predicted molar refractivity (Wildman–Crippen MR) is 85.0 cm³/mol. The van der Waals surface area contributed by atoms with Gasteiger partial charge in [0.1, 0.15) is 5.82 Å². The molecule has 3 N–H and O–H groups in total. The lowest BCUT2D eigenvalue weighted by atomic mass is 9.88. The molecule has 1 aliphatic heterocycles. The van der Waals surface area contributed by atoms with Gasteiger partial charge in [-0.05, 0) is 36.3 Å².